The zero-order chi connectivity index (χ0) is 19.2. The molecule has 0 N–H and O–H groups in total. The van der Waals surface area contributed by atoms with Crippen molar-refractivity contribution in [3.05, 3.63) is 53.5 Å². The fourth-order valence-corrected chi connectivity index (χ4v) is 5.37. The Kier molecular flexibility index (Phi) is 4.52. The van der Waals surface area contributed by atoms with Gasteiger partial charge in [-0.05, 0) is 62.6 Å². The maximum absolute atomic E-state index is 13.1. The average Bonchev–Trinajstić information content (AvgIpc) is 3.28. The normalized spacial score (nSPS) is 18.4. The third kappa shape index (κ3) is 3.04. The number of hydrogen-bond acceptors (Lipinski definition) is 4. The predicted octanol–water partition coefficient (Wildman–Crippen LogP) is 3.25. The Morgan fingerprint density at radius 3 is 2.74 bits per heavy atom. The van der Waals surface area contributed by atoms with E-state index in [0.29, 0.717) is 18.0 Å². The first-order chi connectivity index (χ1) is 12.9. The van der Waals surface area contributed by atoms with Crippen molar-refractivity contribution in [2.75, 3.05) is 13.1 Å². The van der Waals surface area contributed by atoms with E-state index in [-0.39, 0.29) is 5.92 Å². The minimum absolute atomic E-state index is 0.0838. The molecule has 7 heteroatoms. The first kappa shape index (κ1) is 18.1. The monoisotopic (exact) mass is 384 g/mol. The molecule has 1 atom stereocenters. The largest absolute Gasteiger partial charge is 0.313 e. The van der Waals surface area contributed by atoms with E-state index >= 15 is 0 Å². The van der Waals surface area contributed by atoms with Gasteiger partial charge in [-0.1, -0.05) is 6.07 Å². The van der Waals surface area contributed by atoms with Gasteiger partial charge in [0.05, 0.1) is 4.90 Å². The number of fused-ring (bicyclic) bond motifs is 1. The van der Waals surface area contributed by atoms with Gasteiger partial charge in [-0.2, -0.15) is 4.31 Å². The molecule has 1 saturated heterocycles. The summed E-state index contributed by atoms with van der Waals surface area (Å²) in [6, 6.07) is 9.18. The van der Waals surface area contributed by atoms with E-state index in [4.69, 9.17) is 4.98 Å². The molecule has 0 radical (unpaired) electrons. The van der Waals surface area contributed by atoms with Crippen LogP contribution in [0.25, 0.3) is 11.2 Å². The average molecular weight is 385 g/mol. The van der Waals surface area contributed by atoms with Crippen LogP contribution in [0.2, 0.25) is 0 Å². The number of nitrogens with zero attached hydrogens (tertiary/aromatic N) is 4. The summed E-state index contributed by atoms with van der Waals surface area (Å²) in [6.07, 6.45) is 2.54. The van der Waals surface area contributed by atoms with Crippen molar-refractivity contribution in [2.24, 2.45) is 0 Å². The molecule has 4 rings (SSSR count). The Bertz CT molecular complexity index is 1100. The molecule has 27 heavy (non-hydrogen) atoms. The predicted molar refractivity (Wildman–Crippen MR) is 105 cm³/mol. The molecule has 0 unspecified atom stereocenters. The molecule has 2 aromatic heterocycles. The summed E-state index contributed by atoms with van der Waals surface area (Å²) in [7, 11) is -3.49. The molecule has 3 aromatic rings. The van der Waals surface area contributed by atoms with Gasteiger partial charge in [0.25, 0.3) is 0 Å². The summed E-state index contributed by atoms with van der Waals surface area (Å²) < 4.78 is 29.9. The maximum atomic E-state index is 13.1. The van der Waals surface area contributed by atoms with E-state index in [9.17, 15) is 8.42 Å². The highest BCUT2D eigenvalue weighted by molar-refractivity contribution is 7.89. The molecule has 0 bridgehead atoms. The van der Waals surface area contributed by atoms with Crippen LogP contribution in [-0.4, -0.2) is 40.3 Å². The first-order valence-electron chi connectivity index (χ1n) is 9.30. The van der Waals surface area contributed by atoms with Crippen molar-refractivity contribution in [3.8, 4) is 0 Å². The van der Waals surface area contributed by atoms with Crippen LogP contribution < -0.4 is 0 Å². The molecular weight excluding hydrogens is 360 g/mol. The smallest absolute Gasteiger partial charge is 0.243 e. The van der Waals surface area contributed by atoms with Gasteiger partial charge in [0, 0.05) is 31.7 Å². The minimum Gasteiger partial charge on any atom is -0.313 e. The molecule has 0 amide bonds. The molecule has 6 nitrogen and oxygen atoms in total. The van der Waals surface area contributed by atoms with E-state index in [2.05, 4.69) is 16.5 Å². The molecule has 0 saturated carbocycles. The SMILES string of the molecule is CCn1c([C@@H]2CCN(S(=O)(=O)c3ccc(C)c(C)c3)C2)nc2cccnc21. The molecule has 1 aliphatic heterocycles. The van der Waals surface area contributed by atoms with E-state index in [0.717, 1.165) is 41.1 Å². The van der Waals surface area contributed by atoms with E-state index in [1.54, 1.807) is 22.6 Å². The topological polar surface area (TPSA) is 68.1 Å². The van der Waals surface area contributed by atoms with Gasteiger partial charge in [-0.3, -0.25) is 0 Å². The standard InChI is InChI=1S/C20H24N4O2S/c1-4-24-19(22-18-6-5-10-21-20(18)24)16-9-11-23(13-16)27(25,26)17-8-7-14(2)15(3)12-17/h5-8,10,12,16H,4,9,11,13H2,1-3H3/t16-/m1/s1. The van der Waals surface area contributed by atoms with Crippen molar-refractivity contribution in [3.63, 3.8) is 0 Å². The van der Waals surface area contributed by atoms with Gasteiger partial charge in [-0.25, -0.2) is 18.4 Å². The number of sulfonamides is 1. The van der Waals surface area contributed by atoms with Gasteiger partial charge in [0.15, 0.2) is 5.65 Å². The number of pyridine rings is 1. The maximum Gasteiger partial charge on any atom is 0.243 e. The Hall–Kier alpha value is -2.25. The summed E-state index contributed by atoms with van der Waals surface area (Å²) in [5.74, 6) is 1.02. The van der Waals surface area contributed by atoms with Crippen molar-refractivity contribution in [2.45, 2.75) is 44.6 Å². The van der Waals surface area contributed by atoms with Crippen LogP contribution in [0.5, 0.6) is 0 Å². The Balaban J connectivity index is 1.64. The molecule has 1 aromatic carbocycles. The second-order valence-corrected chi connectivity index (χ2v) is 9.09. The van der Waals surface area contributed by atoms with E-state index < -0.39 is 10.0 Å². The molecule has 0 spiro atoms. The second-order valence-electron chi connectivity index (χ2n) is 7.16. The van der Waals surface area contributed by atoms with Gasteiger partial charge < -0.3 is 4.57 Å². The van der Waals surface area contributed by atoms with Crippen LogP contribution in [0.4, 0.5) is 0 Å². The lowest BCUT2D eigenvalue weighted by atomic mass is 10.1. The Morgan fingerprint density at radius 2 is 2.00 bits per heavy atom. The summed E-state index contributed by atoms with van der Waals surface area (Å²) in [6.45, 7) is 7.73. The van der Waals surface area contributed by atoms with Crippen LogP contribution in [0.15, 0.2) is 41.4 Å². The second kappa shape index (κ2) is 6.73. The van der Waals surface area contributed by atoms with Crippen LogP contribution in [0.3, 0.4) is 0 Å². The highest BCUT2D eigenvalue weighted by atomic mass is 32.2. The van der Waals surface area contributed by atoms with Crippen LogP contribution in [-0.2, 0) is 16.6 Å². The fraction of sp³-hybridized carbons (Fsp3) is 0.400. The van der Waals surface area contributed by atoms with Crippen LogP contribution >= 0.6 is 0 Å². The lowest BCUT2D eigenvalue weighted by Gasteiger charge is -2.17. The molecule has 1 fully saturated rings. The Morgan fingerprint density at radius 1 is 1.19 bits per heavy atom. The van der Waals surface area contributed by atoms with Gasteiger partial charge >= 0.3 is 0 Å². The van der Waals surface area contributed by atoms with Gasteiger partial charge in [-0.15, -0.1) is 0 Å². The molecule has 1 aliphatic rings. The molecule has 3 heterocycles. The van der Waals surface area contributed by atoms with E-state index in [1.807, 2.05) is 32.0 Å². The van der Waals surface area contributed by atoms with Crippen molar-refractivity contribution < 1.29 is 8.42 Å². The van der Waals surface area contributed by atoms with Crippen molar-refractivity contribution >= 4 is 21.2 Å². The summed E-state index contributed by atoms with van der Waals surface area (Å²) in [5, 5.41) is 0. The number of rotatable bonds is 4. The molecule has 0 aliphatic carbocycles. The Labute approximate surface area is 159 Å². The highest BCUT2D eigenvalue weighted by Gasteiger charge is 2.35. The molecular formula is C20H24N4O2S. The summed E-state index contributed by atoms with van der Waals surface area (Å²) in [4.78, 5) is 9.58. The third-order valence-electron chi connectivity index (χ3n) is 5.48. The summed E-state index contributed by atoms with van der Waals surface area (Å²) in [5.41, 5.74) is 3.82. The van der Waals surface area contributed by atoms with Crippen molar-refractivity contribution in [1.29, 1.82) is 0 Å². The lowest BCUT2D eigenvalue weighted by Crippen LogP contribution is -2.29. The first-order valence-corrected chi connectivity index (χ1v) is 10.7. The van der Waals surface area contributed by atoms with E-state index in [1.165, 1.54) is 0 Å². The van der Waals surface area contributed by atoms with Gasteiger partial charge in [0.1, 0.15) is 11.3 Å². The number of aryl methyl sites for hydroxylation is 3. The quantitative estimate of drug-likeness (QED) is 0.692. The number of imidazole rings is 1. The number of aromatic nitrogens is 3. The number of hydrogen-bond donors (Lipinski definition) is 0. The number of benzene rings is 1. The van der Waals surface area contributed by atoms with Crippen LogP contribution in [0.1, 0.15) is 36.2 Å². The van der Waals surface area contributed by atoms with Gasteiger partial charge in [0.2, 0.25) is 10.0 Å². The zero-order valence-corrected chi connectivity index (χ0v) is 16.7. The van der Waals surface area contributed by atoms with Crippen LogP contribution in [0, 0.1) is 13.8 Å². The van der Waals surface area contributed by atoms with Crippen molar-refractivity contribution in [1.82, 2.24) is 18.8 Å². The fourth-order valence-electron chi connectivity index (χ4n) is 3.78. The highest BCUT2D eigenvalue weighted by Crippen LogP contribution is 2.32. The zero-order valence-electron chi connectivity index (χ0n) is 15.9. The molecule has 142 valence electrons. The third-order valence-corrected chi connectivity index (χ3v) is 7.34. The lowest BCUT2D eigenvalue weighted by molar-refractivity contribution is 0.469. The summed E-state index contributed by atoms with van der Waals surface area (Å²) >= 11 is 0. The minimum atomic E-state index is -3.49.